The molecule has 3 N–H and O–H groups in total. The first-order valence-corrected chi connectivity index (χ1v) is 7.41. The molecular weight excluding hydrogens is 252 g/mol. The molecule has 1 amide bonds. The Morgan fingerprint density at radius 2 is 2.05 bits per heavy atom. The smallest absolute Gasteiger partial charge is 0.235 e. The van der Waals surface area contributed by atoms with E-state index in [0.29, 0.717) is 19.0 Å². The van der Waals surface area contributed by atoms with E-state index < -0.39 is 5.54 Å². The van der Waals surface area contributed by atoms with Crippen molar-refractivity contribution in [3.63, 3.8) is 0 Å². The average molecular weight is 280 g/mol. The number of nitrogens with zero attached hydrogens (tertiary/aromatic N) is 2. The minimum absolute atomic E-state index is 0.00862. The lowest BCUT2D eigenvalue weighted by Crippen LogP contribution is -2.51. The van der Waals surface area contributed by atoms with Crippen molar-refractivity contribution in [1.82, 2.24) is 10.2 Å². The Labute approximate surface area is 122 Å². The quantitative estimate of drug-likeness (QED) is 0.697. The van der Waals surface area contributed by atoms with Crippen LogP contribution < -0.4 is 11.1 Å². The normalized spacial score (nSPS) is 18.4. The maximum Gasteiger partial charge on any atom is 0.235 e. The summed E-state index contributed by atoms with van der Waals surface area (Å²) in [6.45, 7) is 10.5. The van der Waals surface area contributed by atoms with Crippen LogP contribution in [0.1, 0.15) is 40.5 Å². The van der Waals surface area contributed by atoms with Gasteiger partial charge < -0.3 is 11.1 Å². The third-order valence-corrected chi connectivity index (χ3v) is 4.04. The van der Waals surface area contributed by atoms with Crippen LogP contribution in [0.4, 0.5) is 0 Å². The zero-order chi connectivity index (χ0) is 15.4. The summed E-state index contributed by atoms with van der Waals surface area (Å²) < 4.78 is 0. The van der Waals surface area contributed by atoms with Gasteiger partial charge in [0.2, 0.25) is 5.91 Å². The predicted molar refractivity (Wildman–Crippen MR) is 79.8 cm³/mol. The molecule has 1 saturated carbocycles. The molecule has 1 atom stereocenters. The lowest BCUT2D eigenvalue weighted by molar-refractivity contribution is -0.123. The predicted octanol–water partition coefficient (Wildman–Crippen LogP) is 1.10. The SMILES string of the molecule is CCN(CC(=O)NC(C)(C#N)C1CC1)CC(C)(C)CN. The first kappa shape index (κ1) is 16.9. The molecular formula is C15H28N4O. The summed E-state index contributed by atoms with van der Waals surface area (Å²) in [4.78, 5) is 14.2. The van der Waals surface area contributed by atoms with Crippen molar-refractivity contribution in [3.05, 3.63) is 0 Å². The Kier molecular flexibility index (Phi) is 5.55. The molecule has 5 heteroatoms. The lowest BCUT2D eigenvalue weighted by atomic mass is 9.93. The van der Waals surface area contributed by atoms with Gasteiger partial charge in [0, 0.05) is 6.54 Å². The highest BCUT2D eigenvalue weighted by molar-refractivity contribution is 5.79. The highest BCUT2D eigenvalue weighted by atomic mass is 16.2. The van der Waals surface area contributed by atoms with Crippen LogP contribution in [0, 0.1) is 22.7 Å². The molecule has 0 bridgehead atoms. The zero-order valence-electron chi connectivity index (χ0n) is 13.2. The van der Waals surface area contributed by atoms with Gasteiger partial charge in [-0.3, -0.25) is 9.69 Å². The highest BCUT2D eigenvalue weighted by Crippen LogP contribution is 2.39. The van der Waals surface area contributed by atoms with Gasteiger partial charge in [-0.1, -0.05) is 20.8 Å². The summed E-state index contributed by atoms with van der Waals surface area (Å²) in [5, 5.41) is 12.2. The van der Waals surface area contributed by atoms with Crippen LogP contribution in [0.2, 0.25) is 0 Å². The molecule has 1 fully saturated rings. The molecule has 0 saturated heterocycles. The standard InChI is InChI=1S/C15H28N4O/c1-5-19(11-14(2,3)9-16)8-13(20)18-15(4,10-17)12-6-7-12/h12H,5-9,11,16H2,1-4H3,(H,18,20). The van der Waals surface area contributed by atoms with Crippen molar-refractivity contribution in [3.8, 4) is 6.07 Å². The van der Waals surface area contributed by atoms with Gasteiger partial charge in [0.25, 0.3) is 0 Å². The monoisotopic (exact) mass is 280 g/mol. The number of nitrogens with two attached hydrogens (primary N) is 1. The number of rotatable bonds is 8. The van der Waals surface area contributed by atoms with Crippen molar-refractivity contribution < 1.29 is 4.79 Å². The van der Waals surface area contributed by atoms with E-state index in [1.807, 2.05) is 13.8 Å². The minimum Gasteiger partial charge on any atom is -0.337 e. The van der Waals surface area contributed by atoms with Gasteiger partial charge >= 0.3 is 0 Å². The molecule has 0 spiro atoms. The number of amides is 1. The molecule has 0 heterocycles. The van der Waals surface area contributed by atoms with Crippen LogP contribution in [-0.2, 0) is 4.79 Å². The number of carbonyl (C=O) groups is 1. The second-order valence-electron chi connectivity index (χ2n) is 6.81. The average Bonchev–Trinajstić information content (AvgIpc) is 3.22. The van der Waals surface area contributed by atoms with Gasteiger partial charge in [-0.2, -0.15) is 5.26 Å². The zero-order valence-corrected chi connectivity index (χ0v) is 13.2. The van der Waals surface area contributed by atoms with Crippen LogP contribution in [0.3, 0.4) is 0 Å². The molecule has 0 radical (unpaired) electrons. The molecule has 1 unspecified atom stereocenters. The summed E-state index contributed by atoms with van der Waals surface area (Å²) in [6.07, 6.45) is 2.06. The van der Waals surface area contributed by atoms with Gasteiger partial charge in [-0.15, -0.1) is 0 Å². The first-order valence-electron chi connectivity index (χ1n) is 7.41. The number of nitriles is 1. The van der Waals surface area contributed by atoms with Crippen molar-refractivity contribution >= 4 is 5.91 Å². The van der Waals surface area contributed by atoms with E-state index >= 15 is 0 Å². The van der Waals surface area contributed by atoms with Crippen LogP contribution in [-0.4, -0.2) is 42.5 Å². The Hall–Kier alpha value is -1.12. The fourth-order valence-electron chi connectivity index (χ4n) is 2.36. The van der Waals surface area contributed by atoms with Crippen molar-refractivity contribution in [2.45, 2.75) is 46.1 Å². The Morgan fingerprint density at radius 3 is 2.45 bits per heavy atom. The summed E-state index contributed by atoms with van der Waals surface area (Å²) in [5.74, 6) is 0.239. The number of carbonyl (C=O) groups excluding carboxylic acids is 1. The molecule has 5 nitrogen and oxygen atoms in total. The Balaban J connectivity index is 2.53. The highest BCUT2D eigenvalue weighted by Gasteiger charge is 2.43. The van der Waals surface area contributed by atoms with E-state index in [4.69, 9.17) is 5.73 Å². The fourth-order valence-corrected chi connectivity index (χ4v) is 2.36. The molecule has 0 aromatic carbocycles. The summed E-state index contributed by atoms with van der Waals surface area (Å²) in [6, 6.07) is 2.25. The van der Waals surface area contributed by atoms with Crippen LogP contribution in [0.15, 0.2) is 0 Å². The van der Waals surface area contributed by atoms with Crippen LogP contribution in [0.25, 0.3) is 0 Å². The Morgan fingerprint density at radius 1 is 1.45 bits per heavy atom. The molecule has 20 heavy (non-hydrogen) atoms. The van der Waals surface area contributed by atoms with E-state index in [-0.39, 0.29) is 11.3 Å². The third-order valence-electron chi connectivity index (χ3n) is 4.04. The summed E-state index contributed by atoms with van der Waals surface area (Å²) in [7, 11) is 0. The topological polar surface area (TPSA) is 82.2 Å². The summed E-state index contributed by atoms with van der Waals surface area (Å²) in [5.41, 5.74) is 5.02. The van der Waals surface area contributed by atoms with E-state index in [0.717, 1.165) is 25.9 Å². The maximum atomic E-state index is 12.2. The molecule has 0 aromatic rings. The summed E-state index contributed by atoms with van der Waals surface area (Å²) >= 11 is 0. The van der Waals surface area contributed by atoms with E-state index in [1.54, 1.807) is 0 Å². The second kappa shape index (κ2) is 6.55. The largest absolute Gasteiger partial charge is 0.337 e. The van der Waals surface area contributed by atoms with Gasteiger partial charge in [0.05, 0.1) is 12.6 Å². The van der Waals surface area contributed by atoms with Gasteiger partial charge in [-0.05, 0) is 44.2 Å². The fraction of sp³-hybridized carbons (Fsp3) is 0.867. The first-order chi connectivity index (χ1) is 9.26. The van der Waals surface area contributed by atoms with Gasteiger partial charge in [0.1, 0.15) is 5.54 Å². The Bertz CT molecular complexity index is 384. The number of nitrogens with one attached hydrogen (secondary N) is 1. The minimum atomic E-state index is -0.708. The van der Waals surface area contributed by atoms with Gasteiger partial charge in [0.15, 0.2) is 0 Å². The maximum absolute atomic E-state index is 12.2. The van der Waals surface area contributed by atoms with E-state index in [2.05, 4.69) is 30.1 Å². The van der Waals surface area contributed by atoms with Crippen molar-refractivity contribution in [2.24, 2.45) is 17.1 Å². The van der Waals surface area contributed by atoms with Gasteiger partial charge in [-0.25, -0.2) is 0 Å². The van der Waals surface area contributed by atoms with E-state index in [9.17, 15) is 10.1 Å². The molecule has 114 valence electrons. The number of hydrogen-bond acceptors (Lipinski definition) is 4. The molecule has 1 rings (SSSR count). The van der Waals surface area contributed by atoms with E-state index in [1.165, 1.54) is 0 Å². The second-order valence-corrected chi connectivity index (χ2v) is 6.81. The van der Waals surface area contributed by atoms with Crippen molar-refractivity contribution in [2.75, 3.05) is 26.2 Å². The molecule has 0 aromatic heterocycles. The molecule has 0 aliphatic heterocycles. The number of hydrogen-bond donors (Lipinski definition) is 2. The van der Waals surface area contributed by atoms with Crippen LogP contribution in [0.5, 0.6) is 0 Å². The lowest BCUT2D eigenvalue weighted by Gasteiger charge is -2.31. The van der Waals surface area contributed by atoms with Crippen LogP contribution >= 0.6 is 0 Å². The van der Waals surface area contributed by atoms with Crippen molar-refractivity contribution in [1.29, 1.82) is 5.26 Å². The third kappa shape index (κ3) is 4.77. The number of likely N-dealkylation sites (N-methyl/N-ethyl adjacent to an activating group) is 1. The molecule has 1 aliphatic carbocycles. The molecule has 1 aliphatic rings.